The SMILES string of the molecule is COC(=O)C(Cc1ccc(OC(=O)N2CCOCC2)cc1)NC(=O)C1C2CCC(CC2)N1C(=O)OCc1ccccc1. The highest BCUT2D eigenvalue weighted by Gasteiger charge is 2.49. The van der Waals surface area contributed by atoms with Gasteiger partial charge in [-0.25, -0.2) is 14.4 Å². The maximum absolute atomic E-state index is 13.7. The Kier molecular flexibility index (Phi) is 9.58. The van der Waals surface area contributed by atoms with Crippen molar-refractivity contribution in [2.75, 3.05) is 33.4 Å². The summed E-state index contributed by atoms with van der Waals surface area (Å²) in [6.07, 6.45) is 2.49. The van der Waals surface area contributed by atoms with Gasteiger partial charge in [0.05, 0.1) is 20.3 Å². The Morgan fingerprint density at radius 1 is 0.905 bits per heavy atom. The summed E-state index contributed by atoms with van der Waals surface area (Å²) in [5.74, 6) is -0.632. The Morgan fingerprint density at radius 3 is 2.26 bits per heavy atom. The van der Waals surface area contributed by atoms with Crippen LogP contribution in [0.15, 0.2) is 54.6 Å². The lowest BCUT2D eigenvalue weighted by Gasteiger charge is -2.49. The number of piperidine rings is 2. The number of rotatable bonds is 8. The van der Waals surface area contributed by atoms with E-state index in [9.17, 15) is 19.2 Å². The lowest BCUT2D eigenvalue weighted by atomic mass is 9.74. The number of ether oxygens (including phenoxy) is 4. The molecule has 0 aromatic heterocycles. The monoisotopic (exact) mass is 579 g/mol. The molecule has 2 bridgehead atoms. The normalized spacial score (nSPS) is 22.2. The van der Waals surface area contributed by atoms with E-state index in [1.807, 2.05) is 30.3 Å². The smallest absolute Gasteiger partial charge is 0.415 e. The van der Waals surface area contributed by atoms with Gasteiger partial charge in [0.25, 0.3) is 0 Å². The minimum atomic E-state index is -0.966. The average molecular weight is 580 g/mol. The standard InChI is InChI=1S/C31H37N3O8/c1-39-29(36)26(19-21-7-13-25(14-8-21)42-30(37)33-15-17-40-18-16-33)32-28(35)27-23-9-11-24(12-10-23)34(27)31(38)41-20-22-5-3-2-4-6-22/h2-8,13-14,23-24,26-27H,9-12,15-20H2,1H3,(H,32,35). The van der Waals surface area contributed by atoms with Gasteiger partial charge in [0, 0.05) is 25.6 Å². The Hall–Kier alpha value is -4.12. The summed E-state index contributed by atoms with van der Waals surface area (Å²) in [7, 11) is 1.27. The van der Waals surface area contributed by atoms with Gasteiger partial charge in [-0.2, -0.15) is 0 Å². The fraction of sp³-hybridized carbons (Fsp3) is 0.484. The van der Waals surface area contributed by atoms with Crippen LogP contribution in [0.1, 0.15) is 36.8 Å². The van der Waals surface area contributed by atoms with Crippen molar-refractivity contribution in [2.45, 2.75) is 56.8 Å². The van der Waals surface area contributed by atoms with Crippen molar-refractivity contribution >= 4 is 24.1 Å². The number of fused-ring (bicyclic) bond motifs is 3. The molecule has 3 saturated heterocycles. The lowest BCUT2D eigenvalue weighted by Crippen LogP contribution is -2.64. The first kappa shape index (κ1) is 29.4. The van der Waals surface area contributed by atoms with E-state index in [2.05, 4.69) is 5.32 Å². The van der Waals surface area contributed by atoms with E-state index in [-0.39, 0.29) is 25.0 Å². The topological polar surface area (TPSA) is 124 Å². The third-order valence-corrected chi connectivity index (χ3v) is 8.21. The predicted octanol–water partition coefficient (Wildman–Crippen LogP) is 3.30. The van der Waals surface area contributed by atoms with Crippen LogP contribution in [0, 0.1) is 5.92 Å². The van der Waals surface area contributed by atoms with Gasteiger partial charge in [-0.05, 0) is 54.9 Å². The van der Waals surface area contributed by atoms with E-state index >= 15 is 0 Å². The molecule has 3 aliphatic heterocycles. The van der Waals surface area contributed by atoms with Crippen molar-refractivity contribution in [3.8, 4) is 5.75 Å². The molecule has 11 nitrogen and oxygen atoms in total. The second kappa shape index (κ2) is 13.7. The lowest BCUT2D eigenvalue weighted by molar-refractivity contribution is -0.147. The molecule has 2 aromatic rings. The molecule has 1 aliphatic carbocycles. The highest BCUT2D eigenvalue weighted by molar-refractivity contribution is 5.90. The summed E-state index contributed by atoms with van der Waals surface area (Å²) < 4.78 is 21.3. The van der Waals surface area contributed by atoms with Gasteiger partial charge in [0.2, 0.25) is 5.91 Å². The van der Waals surface area contributed by atoms with Crippen LogP contribution in [-0.2, 0) is 36.8 Å². The van der Waals surface area contributed by atoms with Crippen molar-refractivity contribution in [3.63, 3.8) is 0 Å². The number of carbonyl (C=O) groups excluding carboxylic acids is 4. The molecule has 11 heteroatoms. The molecule has 3 amide bonds. The maximum atomic E-state index is 13.7. The summed E-state index contributed by atoms with van der Waals surface area (Å²) in [5, 5.41) is 2.85. The molecule has 3 heterocycles. The van der Waals surface area contributed by atoms with Crippen molar-refractivity contribution in [1.82, 2.24) is 15.1 Å². The Bertz CT molecular complexity index is 1240. The van der Waals surface area contributed by atoms with Gasteiger partial charge in [0.15, 0.2) is 0 Å². The van der Waals surface area contributed by atoms with E-state index in [4.69, 9.17) is 18.9 Å². The molecule has 0 spiro atoms. The largest absolute Gasteiger partial charge is 0.467 e. The minimum Gasteiger partial charge on any atom is -0.467 e. The zero-order valence-electron chi connectivity index (χ0n) is 23.7. The highest BCUT2D eigenvalue weighted by Crippen LogP contribution is 2.40. The first-order valence-corrected chi connectivity index (χ1v) is 14.4. The molecule has 4 fully saturated rings. The molecule has 2 unspecified atom stereocenters. The number of methoxy groups -OCH3 is 1. The van der Waals surface area contributed by atoms with Crippen LogP contribution in [0.3, 0.4) is 0 Å². The Balaban J connectivity index is 1.23. The molecule has 4 aliphatic rings. The van der Waals surface area contributed by atoms with Gasteiger partial charge >= 0.3 is 18.2 Å². The zero-order chi connectivity index (χ0) is 29.5. The van der Waals surface area contributed by atoms with Crippen LogP contribution < -0.4 is 10.1 Å². The average Bonchev–Trinajstić information content (AvgIpc) is 3.04. The van der Waals surface area contributed by atoms with Gasteiger partial charge < -0.3 is 29.2 Å². The zero-order valence-corrected chi connectivity index (χ0v) is 23.7. The molecule has 42 heavy (non-hydrogen) atoms. The number of esters is 1. The number of hydrogen-bond donors (Lipinski definition) is 1. The Morgan fingerprint density at radius 2 is 1.60 bits per heavy atom. The number of hydrogen-bond acceptors (Lipinski definition) is 8. The first-order chi connectivity index (χ1) is 20.4. The molecule has 6 rings (SSSR count). The van der Waals surface area contributed by atoms with E-state index in [0.29, 0.717) is 32.1 Å². The second-order valence-corrected chi connectivity index (χ2v) is 10.9. The van der Waals surface area contributed by atoms with Crippen LogP contribution in [0.2, 0.25) is 0 Å². The third kappa shape index (κ3) is 7.02. The van der Waals surface area contributed by atoms with E-state index < -0.39 is 36.1 Å². The molecule has 224 valence electrons. The molecular weight excluding hydrogens is 542 g/mol. The summed E-state index contributed by atoms with van der Waals surface area (Å²) >= 11 is 0. The van der Waals surface area contributed by atoms with Gasteiger partial charge in [-0.3, -0.25) is 9.69 Å². The molecular formula is C31H37N3O8. The maximum Gasteiger partial charge on any atom is 0.415 e. The Labute approximate surface area is 245 Å². The van der Waals surface area contributed by atoms with Gasteiger partial charge in [0.1, 0.15) is 24.4 Å². The van der Waals surface area contributed by atoms with Gasteiger partial charge in [-0.1, -0.05) is 42.5 Å². The molecule has 2 aromatic carbocycles. The van der Waals surface area contributed by atoms with Crippen molar-refractivity contribution in [1.29, 1.82) is 0 Å². The van der Waals surface area contributed by atoms with Crippen LogP contribution in [0.4, 0.5) is 9.59 Å². The number of amides is 3. The number of carbonyl (C=O) groups is 4. The van der Waals surface area contributed by atoms with Gasteiger partial charge in [-0.15, -0.1) is 0 Å². The number of nitrogens with one attached hydrogen (secondary N) is 1. The summed E-state index contributed by atoms with van der Waals surface area (Å²) in [6, 6.07) is 14.4. The molecule has 0 radical (unpaired) electrons. The van der Waals surface area contributed by atoms with Crippen LogP contribution in [-0.4, -0.2) is 85.4 Å². The van der Waals surface area contributed by atoms with Crippen LogP contribution in [0.5, 0.6) is 5.75 Å². The molecule has 1 N–H and O–H groups in total. The van der Waals surface area contributed by atoms with Crippen LogP contribution in [0.25, 0.3) is 0 Å². The summed E-state index contributed by atoms with van der Waals surface area (Å²) in [5.41, 5.74) is 1.60. The highest BCUT2D eigenvalue weighted by atomic mass is 16.6. The fourth-order valence-corrected chi connectivity index (χ4v) is 5.98. The summed E-state index contributed by atoms with van der Waals surface area (Å²) in [4.78, 5) is 55.2. The van der Waals surface area contributed by atoms with Crippen molar-refractivity contribution < 1.29 is 38.1 Å². The fourth-order valence-electron chi connectivity index (χ4n) is 5.98. The predicted molar refractivity (Wildman–Crippen MR) is 151 cm³/mol. The van der Waals surface area contributed by atoms with E-state index in [0.717, 1.165) is 36.8 Å². The number of morpholine rings is 1. The number of benzene rings is 2. The van der Waals surface area contributed by atoms with Crippen molar-refractivity contribution in [2.24, 2.45) is 5.92 Å². The molecule has 2 atom stereocenters. The summed E-state index contributed by atoms with van der Waals surface area (Å²) in [6.45, 7) is 2.02. The quantitative estimate of drug-likeness (QED) is 0.473. The van der Waals surface area contributed by atoms with Crippen LogP contribution >= 0.6 is 0 Å². The third-order valence-electron chi connectivity index (χ3n) is 8.21. The first-order valence-electron chi connectivity index (χ1n) is 14.4. The second-order valence-electron chi connectivity index (χ2n) is 10.9. The van der Waals surface area contributed by atoms with Crippen molar-refractivity contribution in [3.05, 3.63) is 65.7 Å². The molecule has 1 saturated carbocycles. The minimum absolute atomic E-state index is 0.0157. The number of nitrogens with zero attached hydrogens (tertiary/aromatic N) is 2. The van der Waals surface area contributed by atoms with E-state index in [1.54, 1.807) is 34.1 Å². The van der Waals surface area contributed by atoms with E-state index in [1.165, 1.54) is 7.11 Å².